The minimum atomic E-state index is -0.339. The summed E-state index contributed by atoms with van der Waals surface area (Å²) in [4.78, 5) is 30.5. The molecule has 5 aromatic carbocycles. The summed E-state index contributed by atoms with van der Waals surface area (Å²) >= 11 is 1.67. The molecule has 0 radical (unpaired) electrons. The van der Waals surface area contributed by atoms with Gasteiger partial charge in [-0.15, -0.1) is 11.3 Å². The number of carbonyl (C=O) groups is 2. The Kier molecular flexibility index (Phi) is 7.58. The third-order valence-electron chi connectivity index (χ3n) is 11.1. The number of thiophene rings is 1. The van der Waals surface area contributed by atoms with Crippen LogP contribution in [-0.2, 0) is 5.41 Å². The van der Waals surface area contributed by atoms with Gasteiger partial charge in [0.1, 0.15) is 5.00 Å². The molecule has 1 aliphatic heterocycles. The van der Waals surface area contributed by atoms with Gasteiger partial charge in [0.15, 0.2) is 11.6 Å². The van der Waals surface area contributed by atoms with E-state index in [-0.39, 0.29) is 34.4 Å². The maximum atomic E-state index is 13.6. The molecule has 50 heavy (non-hydrogen) atoms. The van der Waals surface area contributed by atoms with E-state index in [4.69, 9.17) is 0 Å². The molecule has 0 N–H and O–H groups in total. The van der Waals surface area contributed by atoms with Gasteiger partial charge < -0.3 is 4.90 Å². The molecule has 0 fully saturated rings. The number of hydrogen-bond donors (Lipinski definition) is 0. The normalized spacial score (nSPS) is 14.8. The first-order valence-electron chi connectivity index (χ1n) is 17.6. The largest absolute Gasteiger partial charge is 0.301 e. The topological polar surface area (TPSA) is 37.4 Å². The highest BCUT2D eigenvalue weighted by atomic mass is 32.1. The van der Waals surface area contributed by atoms with Crippen molar-refractivity contribution in [2.75, 3.05) is 4.90 Å². The van der Waals surface area contributed by atoms with Crippen molar-refractivity contribution in [3.63, 3.8) is 0 Å². The molecule has 1 aliphatic carbocycles. The second kappa shape index (κ2) is 11.8. The first kappa shape index (κ1) is 32.2. The van der Waals surface area contributed by atoms with Gasteiger partial charge in [-0.1, -0.05) is 112 Å². The van der Waals surface area contributed by atoms with E-state index in [9.17, 15) is 9.59 Å². The number of anilines is 3. The van der Waals surface area contributed by atoms with Gasteiger partial charge in [0.05, 0.1) is 16.9 Å². The van der Waals surface area contributed by atoms with E-state index in [0.29, 0.717) is 11.1 Å². The highest BCUT2D eigenvalue weighted by Crippen LogP contribution is 2.61. The van der Waals surface area contributed by atoms with Crippen molar-refractivity contribution < 1.29 is 9.59 Å². The second-order valence-corrected chi connectivity index (χ2v) is 15.7. The third-order valence-corrected chi connectivity index (χ3v) is 12.1. The van der Waals surface area contributed by atoms with E-state index >= 15 is 0 Å². The molecular formula is C46H41NO2S. The van der Waals surface area contributed by atoms with Crippen LogP contribution in [0.2, 0.25) is 0 Å². The summed E-state index contributed by atoms with van der Waals surface area (Å²) in [5.74, 6) is 0.107. The maximum absolute atomic E-state index is 13.6. The van der Waals surface area contributed by atoms with Crippen LogP contribution < -0.4 is 4.90 Å². The molecule has 8 rings (SSSR count). The number of aryl methyl sites for hydroxylation is 3. The van der Waals surface area contributed by atoms with Gasteiger partial charge in [0, 0.05) is 26.8 Å². The van der Waals surface area contributed by atoms with Crippen LogP contribution in [0.4, 0.5) is 16.4 Å². The fourth-order valence-corrected chi connectivity index (χ4v) is 10.3. The van der Waals surface area contributed by atoms with Gasteiger partial charge in [0.25, 0.3) is 0 Å². The van der Waals surface area contributed by atoms with Crippen molar-refractivity contribution in [3.8, 4) is 11.1 Å². The predicted molar refractivity (Wildman–Crippen MR) is 210 cm³/mol. The van der Waals surface area contributed by atoms with E-state index in [0.717, 1.165) is 15.6 Å². The number of carbonyl (C=O) groups excluding carboxylic acids is 2. The maximum Gasteiger partial charge on any atom is 0.197 e. The Bertz CT molecular complexity index is 2350. The molecule has 2 heterocycles. The van der Waals surface area contributed by atoms with Crippen molar-refractivity contribution in [2.24, 2.45) is 11.8 Å². The van der Waals surface area contributed by atoms with Crippen molar-refractivity contribution in [1.82, 2.24) is 0 Å². The predicted octanol–water partition coefficient (Wildman–Crippen LogP) is 12.3. The zero-order chi connectivity index (χ0) is 35.1. The fourth-order valence-electron chi connectivity index (χ4n) is 9.14. The van der Waals surface area contributed by atoms with Crippen LogP contribution in [0.15, 0.2) is 109 Å². The lowest BCUT2D eigenvalue weighted by atomic mass is 9.59. The average Bonchev–Trinajstić information content (AvgIpc) is 3.61. The van der Waals surface area contributed by atoms with Crippen LogP contribution in [0, 0.1) is 32.6 Å². The quantitative estimate of drug-likeness (QED) is 0.135. The van der Waals surface area contributed by atoms with Gasteiger partial charge in [-0.3, -0.25) is 9.59 Å². The molecular weight excluding hydrogens is 631 g/mol. The second-order valence-electron chi connectivity index (χ2n) is 14.6. The molecule has 0 unspecified atom stereocenters. The van der Waals surface area contributed by atoms with Crippen molar-refractivity contribution in [1.29, 1.82) is 0 Å². The Labute approximate surface area is 298 Å². The van der Waals surface area contributed by atoms with Gasteiger partial charge in [-0.2, -0.15) is 0 Å². The first-order chi connectivity index (χ1) is 24.0. The molecule has 2 aliphatic rings. The van der Waals surface area contributed by atoms with Crippen molar-refractivity contribution >= 4 is 56.1 Å². The highest BCUT2D eigenvalue weighted by molar-refractivity contribution is 7.17. The Morgan fingerprint density at radius 2 is 1.28 bits per heavy atom. The lowest BCUT2D eigenvalue weighted by molar-refractivity contribution is 0.0990. The summed E-state index contributed by atoms with van der Waals surface area (Å²) < 4.78 is 0. The molecule has 0 saturated heterocycles. The van der Waals surface area contributed by atoms with Crippen LogP contribution in [-0.4, -0.2) is 11.6 Å². The van der Waals surface area contributed by atoms with E-state index in [2.05, 4.69) is 132 Å². The summed E-state index contributed by atoms with van der Waals surface area (Å²) in [5.41, 5.74) is 12.1. The summed E-state index contributed by atoms with van der Waals surface area (Å²) in [5, 5.41) is 3.49. The summed E-state index contributed by atoms with van der Waals surface area (Å²) in [7, 11) is 0. The molecule has 6 aromatic rings. The Morgan fingerprint density at radius 3 is 1.94 bits per heavy atom. The number of ketones is 2. The van der Waals surface area contributed by atoms with Gasteiger partial charge >= 0.3 is 0 Å². The zero-order valence-electron chi connectivity index (χ0n) is 29.7. The summed E-state index contributed by atoms with van der Waals surface area (Å²) in [6, 6.07) is 36.2. The fraction of sp³-hybridized carbons (Fsp3) is 0.217. The Hall–Kier alpha value is -5.06. The van der Waals surface area contributed by atoms with Gasteiger partial charge in [0.2, 0.25) is 0 Å². The SMILES string of the molecule is Cc1cc(C)c(-c2ccc3c(c2)C(C(C)C)(C(C)C)c2cc(C=C4C(=O)c5ccccc5C4=O)sc2N3c2cccc3ccccc23)c(C)c1. The number of benzene rings is 5. The molecule has 3 nitrogen and oxygen atoms in total. The van der Waals surface area contributed by atoms with Crippen molar-refractivity contribution in [3.05, 3.63) is 153 Å². The molecule has 0 saturated carbocycles. The van der Waals surface area contributed by atoms with E-state index in [1.807, 2.05) is 18.2 Å². The molecule has 0 bridgehead atoms. The molecule has 0 amide bonds. The van der Waals surface area contributed by atoms with Gasteiger partial charge in [-0.25, -0.2) is 0 Å². The summed E-state index contributed by atoms with van der Waals surface area (Å²) in [6.07, 6.45) is 1.84. The number of nitrogens with zero attached hydrogens (tertiary/aromatic N) is 1. The lowest BCUT2D eigenvalue weighted by Crippen LogP contribution is -2.43. The standard InChI is InChI=1S/C46H41NO2S/c1-26(2)46(27(3)4)38-23-32(42-29(6)21-28(5)22-30(42)7)19-20-41(38)47(40-18-12-14-31-13-8-9-15-34(31)40)45-39(46)25-33(50-45)24-37-43(48)35-16-10-11-17-36(35)44(37)49/h8-27H,1-7H3. The van der Waals surface area contributed by atoms with Crippen molar-refractivity contribution in [2.45, 2.75) is 53.9 Å². The molecule has 0 atom stereocenters. The third kappa shape index (κ3) is 4.61. The Balaban J connectivity index is 1.43. The summed E-state index contributed by atoms with van der Waals surface area (Å²) in [6.45, 7) is 16.0. The number of rotatable bonds is 5. The van der Waals surface area contributed by atoms with Crippen LogP contribution in [0.3, 0.4) is 0 Å². The van der Waals surface area contributed by atoms with Crippen LogP contribution in [0.5, 0.6) is 0 Å². The smallest absolute Gasteiger partial charge is 0.197 e. The molecule has 0 spiro atoms. The van der Waals surface area contributed by atoms with E-state index in [1.165, 1.54) is 55.4 Å². The molecule has 4 heteroatoms. The van der Waals surface area contributed by atoms with Crippen LogP contribution >= 0.6 is 11.3 Å². The van der Waals surface area contributed by atoms with E-state index in [1.54, 1.807) is 23.5 Å². The average molecular weight is 672 g/mol. The Morgan fingerprint density at radius 1 is 0.660 bits per heavy atom. The van der Waals surface area contributed by atoms with Crippen LogP contribution in [0.1, 0.15) is 81.1 Å². The minimum absolute atomic E-state index is 0.196. The number of hydrogen-bond acceptors (Lipinski definition) is 4. The zero-order valence-corrected chi connectivity index (χ0v) is 30.5. The molecule has 1 aromatic heterocycles. The number of fused-ring (bicyclic) bond motifs is 4. The highest BCUT2D eigenvalue weighted by Gasteiger charge is 2.49. The number of Topliss-reactive ketones (excluding diaryl/α,β-unsaturated/α-hetero) is 2. The van der Waals surface area contributed by atoms with E-state index < -0.39 is 0 Å². The molecule has 248 valence electrons. The number of allylic oxidation sites excluding steroid dienone is 1. The lowest BCUT2D eigenvalue weighted by Gasteiger charge is -2.49. The minimum Gasteiger partial charge on any atom is -0.301 e. The van der Waals surface area contributed by atoms with Crippen LogP contribution in [0.25, 0.3) is 28.0 Å². The first-order valence-corrected chi connectivity index (χ1v) is 18.4. The monoisotopic (exact) mass is 671 g/mol. The van der Waals surface area contributed by atoms with Gasteiger partial charge in [-0.05, 0) is 102 Å².